The summed E-state index contributed by atoms with van der Waals surface area (Å²) >= 11 is 0. The van der Waals surface area contributed by atoms with Crippen LogP contribution >= 0.6 is 0 Å². The van der Waals surface area contributed by atoms with Crippen LogP contribution in [0, 0.1) is 11.6 Å². The van der Waals surface area contributed by atoms with E-state index in [9.17, 15) is 26.7 Å². The molecule has 2 N–H and O–H groups in total. The van der Waals surface area contributed by atoms with Crippen molar-refractivity contribution in [3.63, 3.8) is 0 Å². The molecule has 11 heteroatoms. The molecule has 0 bridgehead atoms. The number of amides is 1. The Morgan fingerprint density at radius 2 is 1.93 bits per heavy atom. The van der Waals surface area contributed by atoms with Crippen LogP contribution in [0.25, 0.3) is 5.69 Å². The number of halogens is 5. The van der Waals surface area contributed by atoms with Gasteiger partial charge in [-0.05, 0) is 31.2 Å². The van der Waals surface area contributed by atoms with Gasteiger partial charge in [-0.1, -0.05) is 6.07 Å². The lowest BCUT2D eigenvalue weighted by molar-refractivity contribution is -0.137. The van der Waals surface area contributed by atoms with Crippen molar-refractivity contribution in [1.82, 2.24) is 20.1 Å². The van der Waals surface area contributed by atoms with E-state index in [-0.39, 0.29) is 23.5 Å². The third-order valence-electron chi connectivity index (χ3n) is 4.26. The molecule has 3 aromatic rings. The van der Waals surface area contributed by atoms with Gasteiger partial charge in [-0.25, -0.2) is 18.4 Å². The number of nitrogens with one attached hydrogen (secondary N) is 2. The molecule has 30 heavy (non-hydrogen) atoms. The lowest BCUT2D eigenvalue weighted by Crippen LogP contribution is -2.31. The Bertz CT molecular complexity index is 1040. The molecule has 1 amide bonds. The van der Waals surface area contributed by atoms with E-state index in [0.29, 0.717) is 0 Å². The van der Waals surface area contributed by atoms with E-state index in [2.05, 4.69) is 20.7 Å². The van der Waals surface area contributed by atoms with Gasteiger partial charge >= 0.3 is 6.18 Å². The van der Waals surface area contributed by atoms with Gasteiger partial charge in [0.05, 0.1) is 23.5 Å². The van der Waals surface area contributed by atoms with Crippen LogP contribution in [0.2, 0.25) is 0 Å². The lowest BCUT2D eigenvalue weighted by Gasteiger charge is -2.17. The standard InChI is InChI=1S/C19H16F5N5O/c1-11(14-4-3-13(20)7-15(14)21)26-8-18(30)28-16-6-12(19(22,23)24)2-5-17(16)29-10-25-9-27-29/h2-7,9-11,26H,8H2,1H3,(H,28,30). The Labute approximate surface area is 167 Å². The van der Waals surface area contributed by atoms with E-state index >= 15 is 0 Å². The zero-order chi connectivity index (χ0) is 21.9. The highest BCUT2D eigenvalue weighted by molar-refractivity contribution is 5.94. The molecule has 0 aliphatic heterocycles. The summed E-state index contributed by atoms with van der Waals surface area (Å²) in [7, 11) is 0. The van der Waals surface area contributed by atoms with Gasteiger partial charge in [0.2, 0.25) is 5.91 Å². The van der Waals surface area contributed by atoms with Gasteiger partial charge in [0.1, 0.15) is 24.3 Å². The fourth-order valence-electron chi connectivity index (χ4n) is 2.75. The maximum atomic E-state index is 13.8. The van der Waals surface area contributed by atoms with Crippen molar-refractivity contribution in [2.75, 3.05) is 11.9 Å². The maximum absolute atomic E-state index is 13.8. The van der Waals surface area contributed by atoms with Gasteiger partial charge in [0.15, 0.2) is 0 Å². The number of carbonyl (C=O) groups is 1. The Hall–Kier alpha value is -3.34. The van der Waals surface area contributed by atoms with Gasteiger partial charge in [-0.2, -0.15) is 18.3 Å². The summed E-state index contributed by atoms with van der Waals surface area (Å²) in [5, 5.41) is 9.01. The third-order valence-corrected chi connectivity index (χ3v) is 4.26. The number of anilines is 1. The van der Waals surface area contributed by atoms with E-state index in [0.717, 1.165) is 30.3 Å². The van der Waals surface area contributed by atoms with Gasteiger partial charge in [0, 0.05) is 17.7 Å². The Morgan fingerprint density at radius 1 is 1.17 bits per heavy atom. The summed E-state index contributed by atoms with van der Waals surface area (Å²) in [5.41, 5.74) is -0.739. The first-order valence-electron chi connectivity index (χ1n) is 8.69. The van der Waals surface area contributed by atoms with E-state index in [1.807, 2.05) is 0 Å². The SMILES string of the molecule is CC(NCC(=O)Nc1cc(C(F)(F)F)ccc1-n1cncn1)c1ccc(F)cc1F. The van der Waals surface area contributed by atoms with Crippen molar-refractivity contribution in [3.8, 4) is 5.69 Å². The van der Waals surface area contributed by atoms with Crippen LogP contribution in [0.1, 0.15) is 24.1 Å². The molecular formula is C19H16F5N5O. The lowest BCUT2D eigenvalue weighted by atomic mass is 10.1. The first-order chi connectivity index (χ1) is 14.1. The number of carbonyl (C=O) groups excluding carboxylic acids is 1. The number of nitrogens with zero attached hydrogens (tertiary/aromatic N) is 3. The van der Waals surface area contributed by atoms with Crippen LogP contribution < -0.4 is 10.6 Å². The number of rotatable bonds is 6. The van der Waals surface area contributed by atoms with E-state index in [1.54, 1.807) is 6.92 Å². The Kier molecular flexibility index (Phi) is 6.11. The predicted octanol–water partition coefficient (Wildman–Crippen LogP) is 3.85. The second-order valence-electron chi connectivity index (χ2n) is 6.39. The van der Waals surface area contributed by atoms with Crippen molar-refractivity contribution in [2.45, 2.75) is 19.1 Å². The number of aromatic nitrogens is 3. The second-order valence-corrected chi connectivity index (χ2v) is 6.39. The normalized spacial score (nSPS) is 12.6. The minimum atomic E-state index is -4.60. The molecule has 1 unspecified atom stereocenters. The van der Waals surface area contributed by atoms with Crippen LogP contribution in [0.4, 0.5) is 27.6 Å². The quantitative estimate of drug-likeness (QED) is 0.589. The molecule has 0 fully saturated rings. The van der Waals surface area contributed by atoms with Crippen molar-refractivity contribution < 1.29 is 26.7 Å². The predicted molar refractivity (Wildman–Crippen MR) is 97.8 cm³/mol. The Morgan fingerprint density at radius 3 is 2.57 bits per heavy atom. The van der Waals surface area contributed by atoms with Crippen LogP contribution in [0.15, 0.2) is 49.1 Å². The number of alkyl halides is 3. The molecule has 1 heterocycles. The summed E-state index contributed by atoms with van der Waals surface area (Å²) in [5.74, 6) is -2.17. The summed E-state index contributed by atoms with van der Waals surface area (Å²) < 4.78 is 67.3. The Balaban J connectivity index is 1.75. The highest BCUT2D eigenvalue weighted by Gasteiger charge is 2.31. The fourth-order valence-corrected chi connectivity index (χ4v) is 2.75. The van der Waals surface area contributed by atoms with Crippen LogP contribution in [0.3, 0.4) is 0 Å². The molecule has 158 valence electrons. The summed E-state index contributed by atoms with van der Waals surface area (Å²) in [4.78, 5) is 16.1. The molecule has 0 spiro atoms. The average molecular weight is 425 g/mol. The number of benzene rings is 2. The smallest absolute Gasteiger partial charge is 0.323 e. The maximum Gasteiger partial charge on any atom is 0.416 e. The summed E-state index contributed by atoms with van der Waals surface area (Å²) in [6, 6.07) is 5.23. The molecule has 0 saturated heterocycles. The molecular weight excluding hydrogens is 409 g/mol. The third kappa shape index (κ3) is 4.98. The van der Waals surface area contributed by atoms with E-state index < -0.39 is 35.3 Å². The molecule has 0 radical (unpaired) electrons. The van der Waals surface area contributed by atoms with Crippen molar-refractivity contribution in [1.29, 1.82) is 0 Å². The largest absolute Gasteiger partial charge is 0.416 e. The molecule has 2 aromatic carbocycles. The minimum absolute atomic E-state index is 0.122. The zero-order valence-electron chi connectivity index (χ0n) is 15.5. The summed E-state index contributed by atoms with van der Waals surface area (Å²) in [6.07, 6.45) is -2.13. The highest BCUT2D eigenvalue weighted by Crippen LogP contribution is 2.33. The molecule has 0 aliphatic carbocycles. The van der Waals surface area contributed by atoms with Crippen molar-refractivity contribution in [3.05, 3.63) is 71.8 Å². The van der Waals surface area contributed by atoms with Gasteiger partial charge in [0.25, 0.3) is 0 Å². The monoisotopic (exact) mass is 425 g/mol. The van der Waals surface area contributed by atoms with Gasteiger partial charge in [-0.3, -0.25) is 4.79 Å². The number of hydrogen-bond donors (Lipinski definition) is 2. The average Bonchev–Trinajstić information content (AvgIpc) is 3.20. The van der Waals surface area contributed by atoms with Crippen LogP contribution in [-0.4, -0.2) is 27.2 Å². The minimum Gasteiger partial charge on any atom is -0.323 e. The summed E-state index contributed by atoms with van der Waals surface area (Å²) in [6.45, 7) is 1.24. The van der Waals surface area contributed by atoms with E-state index in [4.69, 9.17) is 0 Å². The molecule has 0 saturated carbocycles. The topological polar surface area (TPSA) is 71.8 Å². The molecule has 3 rings (SSSR count). The van der Waals surface area contributed by atoms with Crippen molar-refractivity contribution in [2.24, 2.45) is 0 Å². The van der Waals surface area contributed by atoms with Crippen LogP contribution in [-0.2, 0) is 11.0 Å². The molecule has 1 atom stereocenters. The molecule has 1 aromatic heterocycles. The zero-order valence-corrected chi connectivity index (χ0v) is 15.5. The van der Waals surface area contributed by atoms with E-state index in [1.165, 1.54) is 23.4 Å². The first-order valence-corrected chi connectivity index (χ1v) is 8.69. The fraction of sp³-hybridized carbons (Fsp3) is 0.211. The molecule has 6 nitrogen and oxygen atoms in total. The van der Waals surface area contributed by atoms with Gasteiger partial charge in [-0.15, -0.1) is 0 Å². The van der Waals surface area contributed by atoms with Crippen LogP contribution in [0.5, 0.6) is 0 Å². The number of hydrogen-bond acceptors (Lipinski definition) is 4. The van der Waals surface area contributed by atoms with Crippen molar-refractivity contribution >= 4 is 11.6 Å². The highest BCUT2D eigenvalue weighted by atomic mass is 19.4. The first kappa shape index (κ1) is 21.4. The molecule has 0 aliphatic rings. The van der Waals surface area contributed by atoms with Gasteiger partial charge < -0.3 is 10.6 Å². The second kappa shape index (κ2) is 8.57.